The normalized spacial score (nSPS) is 19.2. The average molecular weight is 262 g/mol. The molecule has 106 valence electrons. The van der Waals surface area contributed by atoms with E-state index in [2.05, 4.69) is 47.9 Å². The van der Waals surface area contributed by atoms with Crippen LogP contribution in [0.5, 0.6) is 0 Å². The Morgan fingerprint density at radius 1 is 1.42 bits per heavy atom. The van der Waals surface area contributed by atoms with Crippen LogP contribution in [-0.4, -0.2) is 29.6 Å². The van der Waals surface area contributed by atoms with Gasteiger partial charge in [0.25, 0.3) is 0 Å². The summed E-state index contributed by atoms with van der Waals surface area (Å²) in [6.07, 6.45) is 4.07. The molecular weight excluding hydrogens is 236 g/mol. The van der Waals surface area contributed by atoms with E-state index in [1.165, 1.54) is 12.0 Å². The van der Waals surface area contributed by atoms with Crippen LogP contribution in [0.15, 0.2) is 6.33 Å². The molecule has 0 amide bonds. The Morgan fingerprint density at radius 3 is 2.79 bits per heavy atom. The smallest absolute Gasteiger partial charge is 0.137 e. The Labute approximate surface area is 116 Å². The van der Waals surface area contributed by atoms with E-state index in [-0.39, 0.29) is 0 Å². The van der Waals surface area contributed by atoms with Gasteiger partial charge in [-0.1, -0.05) is 27.7 Å². The highest BCUT2D eigenvalue weighted by molar-refractivity contribution is 5.60. The molecule has 0 aromatic carbocycles. The summed E-state index contributed by atoms with van der Waals surface area (Å²) in [6, 6.07) is 0. The molecule has 4 nitrogen and oxygen atoms in total. The third-order valence-corrected chi connectivity index (χ3v) is 3.71. The number of hydrogen-bond acceptors (Lipinski definition) is 4. The third kappa shape index (κ3) is 3.17. The fourth-order valence-corrected chi connectivity index (χ4v) is 2.68. The van der Waals surface area contributed by atoms with Crippen molar-refractivity contribution in [2.45, 2.75) is 46.5 Å². The monoisotopic (exact) mass is 262 g/mol. The largest absolute Gasteiger partial charge is 0.370 e. The number of nitrogens with one attached hydrogen (secondary N) is 1. The van der Waals surface area contributed by atoms with Crippen molar-refractivity contribution in [2.75, 3.05) is 29.9 Å². The van der Waals surface area contributed by atoms with E-state index < -0.39 is 0 Å². The van der Waals surface area contributed by atoms with Crippen LogP contribution >= 0.6 is 0 Å². The van der Waals surface area contributed by atoms with E-state index in [1.807, 2.05) is 0 Å². The molecule has 0 bridgehead atoms. The van der Waals surface area contributed by atoms with Gasteiger partial charge >= 0.3 is 0 Å². The van der Waals surface area contributed by atoms with Crippen molar-refractivity contribution >= 4 is 11.6 Å². The van der Waals surface area contributed by atoms with Crippen molar-refractivity contribution in [2.24, 2.45) is 5.92 Å². The quantitative estimate of drug-likeness (QED) is 0.884. The molecule has 1 saturated heterocycles. The minimum absolute atomic E-state index is 0.437. The Balaban J connectivity index is 2.31. The molecule has 1 atom stereocenters. The SMILES string of the molecule is CCCNc1ncnc(N2CCC(C)C2)c1C(C)C. The molecule has 0 saturated carbocycles. The Bertz CT molecular complexity index is 417. The first kappa shape index (κ1) is 14.1. The summed E-state index contributed by atoms with van der Waals surface area (Å²) in [5.41, 5.74) is 1.27. The van der Waals surface area contributed by atoms with Crippen LogP contribution in [0.3, 0.4) is 0 Å². The van der Waals surface area contributed by atoms with Gasteiger partial charge in [0.15, 0.2) is 0 Å². The van der Waals surface area contributed by atoms with E-state index in [1.54, 1.807) is 6.33 Å². The molecule has 0 radical (unpaired) electrons. The van der Waals surface area contributed by atoms with Crippen molar-refractivity contribution in [3.05, 3.63) is 11.9 Å². The molecule has 4 heteroatoms. The summed E-state index contributed by atoms with van der Waals surface area (Å²) in [4.78, 5) is 11.4. The van der Waals surface area contributed by atoms with Crippen molar-refractivity contribution < 1.29 is 0 Å². The molecule has 2 heterocycles. The van der Waals surface area contributed by atoms with E-state index in [9.17, 15) is 0 Å². The summed E-state index contributed by atoms with van der Waals surface area (Å²) < 4.78 is 0. The minimum Gasteiger partial charge on any atom is -0.370 e. The molecule has 1 fully saturated rings. The van der Waals surface area contributed by atoms with E-state index in [0.29, 0.717) is 5.92 Å². The highest BCUT2D eigenvalue weighted by atomic mass is 15.2. The molecule has 0 aliphatic carbocycles. The zero-order valence-corrected chi connectivity index (χ0v) is 12.6. The predicted octanol–water partition coefficient (Wildman–Crippen LogP) is 3.27. The van der Waals surface area contributed by atoms with Gasteiger partial charge in [0.2, 0.25) is 0 Å². The van der Waals surface area contributed by atoms with Gasteiger partial charge in [0.1, 0.15) is 18.0 Å². The topological polar surface area (TPSA) is 41.1 Å². The molecule has 1 aromatic rings. The average Bonchev–Trinajstić information content (AvgIpc) is 2.82. The summed E-state index contributed by atoms with van der Waals surface area (Å²) >= 11 is 0. The van der Waals surface area contributed by atoms with E-state index in [0.717, 1.165) is 43.6 Å². The Hall–Kier alpha value is -1.32. The first-order valence-corrected chi connectivity index (χ1v) is 7.47. The van der Waals surface area contributed by atoms with E-state index in [4.69, 9.17) is 0 Å². The Morgan fingerprint density at radius 2 is 2.21 bits per heavy atom. The van der Waals surface area contributed by atoms with Crippen LogP contribution < -0.4 is 10.2 Å². The maximum absolute atomic E-state index is 4.56. The maximum Gasteiger partial charge on any atom is 0.137 e. The molecule has 1 aliphatic heterocycles. The second-order valence-corrected chi connectivity index (χ2v) is 5.88. The number of hydrogen-bond donors (Lipinski definition) is 1. The molecule has 2 rings (SSSR count). The molecule has 1 N–H and O–H groups in total. The Kier molecular flexibility index (Phi) is 4.61. The van der Waals surface area contributed by atoms with Gasteiger partial charge in [0, 0.05) is 25.2 Å². The summed E-state index contributed by atoms with van der Waals surface area (Å²) in [5, 5.41) is 3.44. The van der Waals surface area contributed by atoms with Gasteiger partial charge in [-0.05, 0) is 24.7 Å². The lowest BCUT2D eigenvalue weighted by atomic mass is 10.0. The van der Waals surface area contributed by atoms with Crippen LogP contribution in [0.4, 0.5) is 11.6 Å². The van der Waals surface area contributed by atoms with Crippen LogP contribution in [0.1, 0.15) is 52.0 Å². The minimum atomic E-state index is 0.437. The summed E-state index contributed by atoms with van der Waals surface area (Å²) in [7, 11) is 0. The summed E-state index contributed by atoms with van der Waals surface area (Å²) in [6.45, 7) is 12.1. The van der Waals surface area contributed by atoms with Gasteiger partial charge in [-0.3, -0.25) is 0 Å². The summed E-state index contributed by atoms with van der Waals surface area (Å²) in [5.74, 6) is 3.35. The first-order valence-electron chi connectivity index (χ1n) is 7.47. The molecule has 0 spiro atoms. The number of rotatable bonds is 5. The maximum atomic E-state index is 4.56. The number of aromatic nitrogens is 2. The van der Waals surface area contributed by atoms with E-state index >= 15 is 0 Å². The number of anilines is 2. The lowest BCUT2D eigenvalue weighted by molar-refractivity contribution is 0.658. The fraction of sp³-hybridized carbons (Fsp3) is 0.733. The van der Waals surface area contributed by atoms with Gasteiger partial charge < -0.3 is 10.2 Å². The van der Waals surface area contributed by atoms with Crippen molar-refractivity contribution in [1.82, 2.24) is 9.97 Å². The molecular formula is C15H26N4. The molecule has 1 aliphatic rings. The van der Waals surface area contributed by atoms with Crippen molar-refractivity contribution in [1.29, 1.82) is 0 Å². The van der Waals surface area contributed by atoms with Crippen molar-refractivity contribution in [3.63, 3.8) is 0 Å². The van der Waals surface area contributed by atoms with Crippen LogP contribution in [0.2, 0.25) is 0 Å². The molecule has 1 unspecified atom stereocenters. The zero-order valence-electron chi connectivity index (χ0n) is 12.6. The van der Waals surface area contributed by atoms with Crippen LogP contribution in [0, 0.1) is 5.92 Å². The van der Waals surface area contributed by atoms with Gasteiger partial charge in [-0.2, -0.15) is 0 Å². The lowest BCUT2D eigenvalue weighted by Crippen LogP contribution is -2.23. The van der Waals surface area contributed by atoms with Gasteiger partial charge in [-0.15, -0.1) is 0 Å². The second-order valence-electron chi connectivity index (χ2n) is 5.88. The van der Waals surface area contributed by atoms with Gasteiger partial charge in [-0.25, -0.2) is 9.97 Å². The first-order chi connectivity index (χ1) is 9.13. The van der Waals surface area contributed by atoms with Crippen molar-refractivity contribution in [3.8, 4) is 0 Å². The van der Waals surface area contributed by atoms with Crippen LogP contribution in [-0.2, 0) is 0 Å². The molecule has 19 heavy (non-hydrogen) atoms. The highest BCUT2D eigenvalue weighted by Gasteiger charge is 2.25. The predicted molar refractivity (Wildman–Crippen MR) is 80.9 cm³/mol. The lowest BCUT2D eigenvalue weighted by Gasteiger charge is -2.24. The third-order valence-electron chi connectivity index (χ3n) is 3.71. The molecule has 1 aromatic heterocycles. The van der Waals surface area contributed by atoms with Gasteiger partial charge in [0.05, 0.1) is 0 Å². The zero-order chi connectivity index (χ0) is 13.8. The second kappa shape index (κ2) is 6.22. The highest BCUT2D eigenvalue weighted by Crippen LogP contribution is 2.33. The fourth-order valence-electron chi connectivity index (χ4n) is 2.68. The number of nitrogens with zero attached hydrogens (tertiary/aromatic N) is 3. The van der Waals surface area contributed by atoms with Crippen LogP contribution in [0.25, 0.3) is 0 Å². The standard InChI is InChI=1S/C15H26N4/c1-5-7-16-14-13(11(2)3)15(18-10-17-14)19-8-6-12(4)9-19/h10-12H,5-9H2,1-4H3,(H,16,17,18).